The van der Waals surface area contributed by atoms with Crippen LogP contribution in [0, 0.1) is 13.8 Å². The molecule has 0 unspecified atom stereocenters. The molecule has 0 bridgehead atoms. The van der Waals surface area contributed by atoms with E-state index >= 15 is 0 Å². The minimum Gasteiger partial charge on any atom is -0.496 e. The van der Waals surface area contributed by atoms with E-state index in [0.29, 0.717) is 12.1 Å². The summed E-state index contributed by atoms with van der Waals surface area (Å²) in [4.78, 5) is 12.1. The molecule has 0 amide bonds. The molecule has 0 saturated carbocycles. The Kier molecular flexibility index (Phi) is 5.11. The molecule has 5 nitrogen and oxygen atoms in total. The van der Waals surface area contributed by atoms with E-state index in [1.807, 2.05) is 39.1 Å². The highest BCUT2D eigenvalue weighted by Crippen LogP contribution is 2.36. The van der Waals surface area contributed by atoms with Gasteiger partial charge in [-0.25, -0.2) is 0 Å². The smallest absolute Gasteiger partial charge is 0.253 e. The lowest BCUT2D eigenvalue weighted by molar-refractivity contribution is 0.384. The van der Waals surface area contributed by atoms with E-state index in [-0.39, 0.29) is 5.56 Å². The molecule has 1 aromatic carbocycles. The van der Waals surface area contributed by atoms with E-state index in [1.165, 1.54) is 0 Å². The number of hydrogen-bond acceptors (Lipinski definition) is 4. The molecular formula is C18H24N2O3. The molecule has 0 fully saturated rings. The second-order valence-corrected chi connectivity index (χ2v) is 5.58. The number of benzene rings is 1. The maximum atomic E-state index is 12.1. The van der Waals surface area contributed by atoms with E-state index in [2.05, 4.69) is 5.32 Å². The predicted octanol–water partition coefficient (Wildman–Crippen LogP) is 2.41. The van der Waals surface area contributed by atoms with Gasteiger partial charge < -0.3 is 19.4 Å². The number of aryl methyl sites for hydroxylation is 1. The van der Waals surface area contributed by atoms with Crippen LogP contribution in [0.5, 0.6) is 11.5 Å². The van der Waals surface area contributed by atoms with Gasteiger partial charge in [0.1, 0.15) is 11.5 Å². The van der Waals surface area contributed by atoms with E-state index in [4.69, 9.17) is 9.47 Å². The van der Waals surface area contributed by atoms with Gasteiger partial charge >= 0.3 is 0 Å². The summed E-state index contributed by atoms with van der Waals surface area (Å²) < 4.78 is 12.7. The first-order valence-electron chi connectivity index (χ1n) is 7.51. The molecule has 1 N–H and O–H groups in total. The van der Waals surface area contributed by atoms with E-state index < -0.39 is 0 Å². The van der Waals surface area contributed by atoms with Gasteiger partial charge in [0.15, 0.2) is 0 Å². The maximum absolute atomic E-state index is 12.1. The van der Waals surface area contributed by atoms with Gasteiger partial charge in [-0.3, -0.25) is 4.79 Å². The Bertz CT molecular complexity index is 754. The number of methoxy groups -OCH3 is 2. The molecule has 0 atom stereocenters. The molecule has 0 aliphatic rings. The number of rotatable bonds is 5. The summed E-state index contributed by atoms with van der Waals surface area (Å²) in [5.74, 6) is 1.53. The Hall–Kier alpha value is -2.27. The first kappa shape index (κ1) is 17.1. The third-order valence-electron chi connectivity index (χ3n) is 4.17. The first-order valence-corrected chi connectivity index (χ1v) is 7.51. The summed E-state index contributed by atoms with van der Waals surface area (Å²) in [6.07, 6.45) is 0. The van der Waals surface area contributed by atoms with Crippen LogP contribution in [0.25, 0.3) is 11.1 Å². The van der Waals surface area contributed by atoms with Gasteiger partial charge in [-0.05, 0) is 44.7 Å². The van der Waals surface area contributed by atoms with Crippen molar-refractivity contribution in [3.05, 3.63) is 45.4 Å². The fourth-order valence-corrected chi connectivity index (χ4v) is 2.76. The van der Waals surface area contributed by atoms with Crippen LogP contribution in [-0.2, 0) is 13.6 Å². The standard InChI is InChI=1S/C18H24N2O3/c1-11-7-14(12(2)20(4)18(11)21)13-8-16(22-5)15(10-19-3)17(9-13)23-6/h7-9,19H,10H2,1-6H3. The number of nitrogens with zero attached hydrogens (tertiary/aromatic N) is 1. The molecule has 23 heavy (non-hydrogen) atoms. The number of ether oxygens (including phenoxy) is 2. The van der Waals surface area contributed by atoms with Crippen LogP contribution in [0.2, 0.25) is 0 Å². The number of pyridine rings is 1. The highest BCUT2D eigenvalue weighted by Gasteiger charge is 2.15. The van der Waals surface area contributed by atoms with E-state index in [0.717, 1.165) is 33.9 Å². The fraction of sp³-hybridized carbons (Fsp3) is 0.389. The lowest BCUT2D eigenvalue weighted by Crippen LogP contribution is -2.21. The molecule has 0 radical (unpaired) electrons. The van der Waals surface area contributed by atoms with Crippen molar-refractivity contribution in [2.75, 3.05) is 21.3 Å². The van der Waals surface area contributed by atoms with Crippen molar-refractivity contribution >= 4 is 0 Å². The minimum absolute atomic E-state index is 0.0250. The molecule has 2 aromatic rings. The molecule has 5 heteroatoms. The summed E-state index contributed by atoms with van der Waals surface area (Å²) in [6, 6.07) is 5.90. The third-order valence-corrected chi connectivity index (χ3v) is 4.17. The van der Waals surface area contributed by atoms with Crippen molar-refractivity contribution in [3.8, 4) is 22.6 Å². The second kappa shape index (κ2) is 6.87. The largest absolute Gasteiger partial charge is 0.496 e. The monoisotopic (exact) mass is 316 g/mol. The van der Waals surface area contributed by atoms with Crippen molar-refractivity contribution in [3.63, 3.8) is 0 Å². The molecule has 2 rings (SSSR count). The Balaban J connectivity index is 2.72. The number of hydrogen-bond donors (Lipinski definition) is 1. The highest BCUT2D eigenvalue weighted by molar-refractivity contribution is 5.71. The zero-order valence-corrected chi connectivity index (χ0v) is 14.6. The Morgan fingerprint density at radius 3 is 2.13 bits per heavy atom. The molecule has 0 aliphatic heterocycles. The molecule has 0 aliphatic carbocycles. The third kappa shape index (κ3) is 3.10. The Labute approximate surface area is 136 Å². The molecule has 0 saturated heterocycles. The van der Waals surface area contributed by atoms with Gasteiger partial charge in [0.25, 0.3) is 5.56 Å². The van der Waals surface area contributed by atoms with E-state index in [1.54, 1.807) is 25.8 Å². The van der Waals surface area contributed by atoms with Crippen LogP contribution in [0.1, 0.15) is 16.8 Å². The molecule has 0 spiro atoms. The molecule has 1 heterocycles. The normalized spacial score (nSPS) is 10.7. The van der Waals surface area contributed by atoms with Crippen molar-refractivity contribution in [2.24, 2.45) is 7.05 Å². The fourth-order valence-electron chi connectivity index (χ4n) is 2.76. The average Bonchev–Trinajstić information content (AvgIpc) is 2.56. The van der Waals surface area contributed by atoms with Crippen molar-refractivity contribution < 1.29 is 9.47 Å². The van der Waals surface area contributed by atoms with Crippen LogP contribution in [-0.4, -0.2) is 25.8 Å². The minimum atomic E-state index is 0.0250. The van der Waals surface area contributed by atoms with Crippen molar-refractivity contribution in [1.82, 2.24) is 9.88 Å². The van der Waals surface area contributed by atoms with Crippen LogP contribution in [0.15, 0.2) is 23.0 Å². The van der Waals surface area contributed by atoms with Crippen LogP contribution in [0.4, 0.5) is 0 Å². The first-order chi connectivity index (χ1) is 10.9. The topological polar surface area (TPSA) is 52.5 Å². The average molecular weight is 316 g/mol. The zero-order chi connectivity index (χ0) is 17.1. The predicted molar refractivity (Wildman–Crippen MR) is 92.5 cm³/mol. The van der Waals surface area contributed by atoms with Gasteiger partial charge in [0.05, 0.1) is 14.2 Å². The van der Waals surface area contributed by atoms with Crippen LogP contribution < -0.4 is 20.3 Å². The van der Waals surface area contributed by atoms with Gasteiger partial charge in [-0.2, -0.15) is 0 Å². The summed E-state index contributed by atoms with van der Waals surface area (Å²) in [6.45, 7) is 4.42. The summed E-state index contributed by atoms with van der Waals surface area (Å²) in [5.41, 5.74) is 4.58. The Morgan fingerprint density at radius 2 is 1.65 bits per heavy atom. The van der Waals surface area contributed by atoms with Gasteiger partial charge in [-0.15, -0.1) is 0 Å². The second-order valence-electron chi connectivity index (χ2n) is 5.58. The van der Waals surface area contributed by atoms with Crippen molar-refractivity contribution in [1.29, 1.82) is 0 Å². The SMILES string of the molecule is CNCc1c(OC)cc(-c2cc(C)c(=O)n(C)c2C)cc1OC. The summed E-state index contributed by atoms with van der Waals surface area (Å²) in [5, 5.41) is 3.12. The quantitative estimate of drug-likeness (QED) is 0.920. The zero-order valence-electron chi connectivity index (χ0n) is 14.6. The molecule has 1 aromatic heterocycles. The number of nitrogens with one attached hydrogen (secondary N) is 1. The Morgan fingerprint density at radius 1 is 1.09 bits per heavy atom. The van der Waals surface area contributed by atoms with Crippen molar-refractivity contribution in [2.45, 2.75) is 20.4 Å². The van der Waals surface area contributed by atoms with Crippen LogP contribution in [0.3, 0.4) is 0 Å². The molecular weight excluding hydrogens is 292 g/mol. The summed E-state index contributed by atoms with van der Waals surface area (Å²) in [7, 11) is 6.97. The van der Waals surface area contributed by atoms with Gasteiger partial charge in [0.2, 0.25) is 0 Å². The molecule has 124 valence electrons. The summed E-state index contributed by atoms with van der Waals surface area (Å²) >= 11 is 0. The van der Waals surface area contributed by atoms with E-state index in [9.17, 15) is 4.79 Å². The van der Waals surface area contributed by atoms with Crippen LogP contribution >= 0.6 is 0 Å². The lowest BCUT2D eigenvalue weighted by atomic mass is 9.99. The highest BCUT2D eigenvalue weighted by atomic mass is 16.5. The van der Waals surface area contributed by atoms with Gasteiger partial charge in [0, 0.05) is 36.0 Å². The maximum Gasteiger partial charge on any atom is 0.253 e. The number of aromatic nitrogens is 1. The van der Waals surface area contributed by atoms with Gasteiger partial charge in [-0.1, -0.05) is 0 Å². The lowest BCUT2D eigenvalue weighted by Gasteiger charge is -2.17.